The van der Waals surface area contributed by atoms with Crippen LogP contribution in [0.4, 0.5) is 5.69 Å². The van der Waals surface area contributed by atoms with Crippen molar-refractivity contribution in [3.8, 4) is 0 Å². The Hall–Kier alpha value is -1.10. The second kappa shape index (κ2) is 4.41. The molecular weight excluding hydrogens is 246 g/mol. The second-order valence-electron chi connectivity index (χ2n) is 3.31. The molecule has 0 amide bonds. The average Bonchev–Trinajstić information content (AvgIpc) is 2.29. The van der Waals surface area contributed by atoms with Crippen LogP contribution in [-0.2, 0) is 0 Å². The second-order valence-corrected chi connectivity index (χ2v) is 4.65. The van der Waals surface area contributed by atoms with Gasteiger partial charge in [0.05, 0.1) is 0 Å². The Bertz CT molecular complexity index is 582. The molecule has 0 atom stereocenters. The fraction of sp³-hybridized carbons (Fsp3) is 0.182. The van der Waals surface area contributed by atoms with Gasteiger partial charge in [-0.05, 0) is 25.1 Å². The largest absolute Gasteiger partial charge is 0.288 e. The van der Waals surface area contributed by atoms with Gasteiger partial charge in [0.2, 0.25) is 5.43 Å². The minimum Gasteiger partial charge on any atom is -0.288 e. The van der Waals surface area contributed by atoms with Crippen LogP contribution in [0.25, 0.3) is 10.1 Å². The molecule has 1 aromatic heterocycles. The van der Waals surface area contributed by atoms with Gasteiger partial charge in [-0.25, -0.2) is 0 Å². The summed E-state index contributed by atoms with van der Waals surface area (Å²) in [6.07, 6.45) is 0. The van der Waals surface area contributed by atoms with Crippen LogP contribution in [0.5, 0.6) is 0 Å². The van der Waals surface area contributed by atoms with Crippen molar-refractivity contribution in [3.63, 3.8) is 0 Å². The zero-order chi connectivity index (χ0) is 11.7. The van der Waals surface area contributed by atoms with Crippen LogP contribution in [-0.4, -0.2) is 11.8 Å². The Morgan fingerprint density at radius 3 is 2.94 bits per heavy atom. The highest BCUT2D eigenvalue weighted by Gasteiger charge is 2.09. The zero-order valence-electron chi connectivity index (χ0n) is 8.61. The van der Waals surface area contributed by atoms with E-state index < -0.39 is 0 Å². The molecule has 0 fully saturated rings. The van der Waals surface area contributed by atoms with Crippen molar-refractivity contribution in [3.05, 3.63) is 38.8 Å². The third kappa shape index (κ3) is 1.91. The van der Waals surface area contributed by atoms with Gasteiger partial charge in [-0.15, -0.1) is 11.3 Å². The van der Waals surface area contributed by atoms with Gasteiger partial charge in [-0.2, -0.15) is 0 Å². The van der Waals surface area contributed by atoms with E-state index in [-0.39, 0.29) is 5.43 Å². The number of halogens is 1. The molecule has 0 aliphatic rings. The van der Waals surface area contributed by atoms with Crippen molar-refractivity contribution < 1.29 is 5.21 Å². The summed E-state index contributed by atoms with van der Waals surface area (Å²) in [6, 6.07) is 5.18. The lowest BCUT2D eigenvalue weighted by atomic mass is 10.2. The van der Waals surface area contributed by atoms with E-state index in [1.54, 1.807) is 30.5 Å². The zero-order valence-corrected chi connectivity index (χ0v) is 10.2. The molecule has 1 aromatic carbocycles. The summed E-state index contributed by atoms with van der Waals surface area (Å²) in [4.78, 5) is 12.0. The van der Waals surface area contributed by atoms with Gasteiger partial charge in [-0.1, -0.05) is 11.6 Å². The van der Waals surface area contributed by atoms with Gasteiger partial charge in [0, 0.05) is 27.0 Å². The minimum atomic E-state index is -0.194. The number of rotatable bonds is 2. The number of hydroxylamine groups is 1. The summed E-state index contributed by atoms with van der Waals surface area (Å²) in [5, 5.41) is 13.2. The molecule has 16 heavy (non-hydrogen) atoms. The van der Waals surface area contributed by atoms with E-state index in [0.717, 1.165) is 9.76 Å². The first-order valence-corrected chi connectivity index (χ1v) is 6.06. The molecule has 84 valence electrons. The maximum atomic E-state index is 12.0. The van der Waals surface area contributed by atoms with E-state index in [2.05, 4.69) is 0 Å². The van der Waals surface area contributed by atoms with Crippen molar-refractivity contribution in [2.75, 3.05) is 11.6 Å². The molecule has 0 spiro atoms. The van der Waals surface area contributed by atoms with Gasteiger partial charge < -0.3 is 0 Å². The summed E-state index contributed by atoms with van der Waals surface area (Å²) in [5.41, 5.74) is 0.0999. The van der Waals surface area contributed by atoms with Gasteiger partial charge in [0.25, 0.3) is 0 Å². The lowest BCUT2D eigenvalue weighted by molar-refractivity contribution is 0.260. The smallest absolute Gasteiger partial charge is 0.213 e. The van der Waals surface area contributed by atoms with E-state index in [0.29, 0.717) is 22.6 Å². The Balaban J connectivity index is 2.73. The number of benzene rings is 1. The molecule has 0 bridgehead atoms. The number of hydrogen-bond donors (Lipinski definition) is 1. The molecule has 0 aliphatic heterocycles. The SMILES string of the molecule is CCN(O)c1csc2ccc(Cl)cc2c1=O. The monoisotopic (exact) mass is 255 g/mol. The van der Waals surface area contributed by atoms with Crippen LogP contribution in [0.15, 0.2) is 28.4 Å². The maximum Gasteiger partial charge on any atom is 0.213 e. The van der Waals surface area contributed by atoms with Crippen molar-refractivity contribution in [1.29, 1.82) is 0 Å². The van der Waals surface area contributed by atoms with Crippen molar-refractivity contribution in [2.45, 2.75) is 6.92 Å². The van der Waals surface area contributed by atoms with Gasteiger partial charge in [-0.3, -0.25) is 15.1 Å². The summed E-state index contributed by atoms with van der Waals surface area (Å²) < 4.78 is 0.864. The fourth-order valence-electron chi connectivity index (χ4n) is 1.44. The van der Waals surface area contributed by atoms with E-state index in [1.807, 2.05) is 0 Å². The van der Waals surface area contributed by atoms with E-state index in [4.69, 9.17) is 11.6 Å². The topological polar surface area (TPSA) is 40.5 Å². The van der Waals surface area contributed by atoms with Gasteiger partial charge >= 0.3 is 0 Å². The lowest BCUT2D eigenvalue weighted by Gasteiger charge is -2.13. The average molecular weight is 256 g/mol. The van der Waals surface area contributed by atoms with Crippen LogP contribution in [0.1, 0.15) is 6.92 Å². The molecule has 2 aromatic rings. The Morgan fingerprint density at radius 1 is 1.50 bits per heavy atom. The van der Waals surface area contributed by atoms with Crippen LogP contribution in [0.3, 0.4) is 0 Å². The number of nitrogens with zero attached hydrogens (tertiary/aromatic N) is 1. The number of anilines is 1. The third-order valence-corrected chi connectivity index (χ3v) is 3.48. The van der Waals surface area contributed by atoms with Crippen molar-refractivity contribution >= 4 is 38.7 Å². The lowest BCUT2D eigenvalue weighted by Crippen LogP contribution is -2.23. The number of hydrogen-bond acceptors (Lipinski definition) is 4. The Kier molecular flexibility index (Phi) is 3.14. The maximum absolute atomic E-state index is 12.0. The Labute approximate surface area is 101 Å². The molecule has 2 rings (SSSR count). The first-order valence-electron chi connectivity index (χ1n) is 4.81. The van der Waals surface area contributed by atoms with Gasteiger partial charge in [0.15, 0.2) is 0 Å². The van der Waals surface area contributed by atoms with Crippen LogP contribution in [0, 0.1) is 0 Å². The highest BCUT2D eigenvalue weighted by atomic mass is 35.5. The molecule has 0 radical (unpaired) electrons. The normalized spacial score (nSPS) is 10.7. The molecule has 5 heteroatoms. The standard InChI is InChI=1S/C11H10ClNO2S/c1-2-13(15)9-6-16-10-4-3-7(12)5-8(10)11(9)14/h3-6,15H,2H2,1H3. The molecular formula is C11H10ClNO2S. The summed E-state index contributed by atoms with van der Waals surface area (Å²) >= 11 is 7.26. The van der Waals surface area contributed by atoms with Crippen molar-refractivity contribution in [2.24, 2.45) is 0 Å². The Morgan fingerprint density at radius 2 is 2.25 bits per heavy atom. The molecule has 0 aliphatic carbocycles. The minimum absolute atomic E-state index is 0.194. The van der Waals surface area contributed by atoms with E-state index in [1.165, 1.54) is 11.3 Å². The summed E-state index contributed by atoms with van der Waals surface area (Å²) in [6.45, 7) is 2.14. The predicted octanol–water partition coefficient (Wildman–Crippen LogP) is 3.13. The molecule has 0 saturated carbocycles. The molecule has 1 heterocycles. The molecule has 1 N–H and O–H groups in total. The highest BCUT2D eigenvalue weighted by molar-refractivity contribution is 7.16. The summed E-state index contributed by atoms with van der Waals surface area (Å²) in [5.74, 6) is 0. The first-order chi connectivity index (χ1) is 7.63. The quantitative estimate of drug-likeness (QED) is 0.839. The predicted molar refractivity (Wildman–Crippen MR) is 67.9 cm³/mol. The molecule has 0 unspecified atom stereocenters. The molecule has 3 nitrogen and oxygen atoms in total. The fourth-order valence-corrected chi connectivity index (χ4v) is 2.51. The first kappa shape index (κ1) is 11.4. The van der Waals surface area contributed by atoms with Crippen molar-refractivity contribution in [1.82, 2.24) is 0 Å². The van der Waals surface area contributed by atoms with Crippen LogP contribution in [0.2, 0.25) is 5.02 Å². The van der Waals surface area contributed by atoms with Crippen LogP contribution >= 0.6 is 22.9 Å². The molecule has 0 saturated heterocycles. The van der Waals surface area contributed by atoms with Crippen LogP contribution < -0.4 is 10.5 Å². The third-order valence-electron chi connectivity index (χ3n) is 2.29. The highest BCUT2D eigenvalue weighted by Crippen LogP contribution is 2.23. The van der Waals surface area contributed by atoms with Gasteiger partial charge in [0.1, 0.15) is 5.69 Å². The van der Waals surface area contributed by atoms with E-state index in [9.17, 15) is 10.0 Å². The summed E-state index contributed by atoms with van der Waals surface area (Å²) in [7, 11) is 0. The van der Waals surface area contributed by atoms with E-state index >= 15 is 0 Å². The number of fused-ring (bicyclic) bond motifs is 1.